The molecule has 3 aromatic rings. The lowest BCUT2D eigenvalue weighted by molar-refractivity contribution is 0.520. The van der Waals surface area contributed by atoms with Gasteiger partial charge in [-0.2, -0.15) is 5.10 Å². The summed E-state index contributed by atoms with van der Waals surface area (Å²) < 4.78 is 29.1. The van der Waals surface area contributed by atoms with Crippen LogP contribution in [0.4, 0.5) is 0 Å². The van der Waals surface area contributed by atoms with Crippen molar-refractivity contribution in [3.8, 4) is 0 Å². The van der Waals surface area contributed by atoms with Gasteiger partial charge in [0.05, 0.1) is 27.1 Å². The van der Waals surface area contributed by atoms with Crippen LogP contribution in [-0.4, -0.2) is 46.1 Å². The fourth-order valence-corrected chi connectivity index (χ4v) is 4.07. The zero-order chi connectivity index (χ0) is 20.1. The Bertz CT molecular complexity index is 1210. The van der Waals surface area contributed by atoms with Gasteiger partial charge in [0.25, 0.3) is 5.56 Å². The van der Waals surface area contributed by atoms with E-state index >= 15 is 0 Å². The highest BCUT2D eigenvalue weighted by Crippen LogP contribution is 2.25. The van der Waals surface area contributed by atoms with E-state index in [2.05, 4.69) is 10.1 Å². The average molecular weight is 430 g/mol. The molecule has 1 aromatic carbocycles. The van der Waals surface area contributed by atoms with Crippen LogP contribution in [0.2, 0.25) is 10.0 Å². The maximum Gasteiger partial charge on any atom is 0.287 e. The average Bonchev–Trinajstić information content (AvgIpc) is 2.90. The van der Waals surface area contributed by atoms with Gasteiger partial charge in [-0.3, -0.25) is 4.79 Å². The summed E-state index contributed by atoms with van der Waals surface area (Å²) in [5.41, 5.74) is 1.33. The van der Waals surface area contributed by atoms with Gasteiger partial charge in [0.1, 0.15) is 17.4 Å². The van der Waals surface area contributed by atoms with Crippen LogP contribution in [0.15, 0.2) is 28.0 Å². The molecule has 0 unspecified atom stereocenters. The summed E-state index contributed by atoms with van der Waals surface area (Å²) in [4.78, 5) is 16.9. The second-order valence-electron chi connectivity index (χ2n) is 6.25. The molecular weight excluding hydrogens is 413 g/mol. The normalized spacial score (nSPS) is 12.3. The second kappa shape index (κ2) is 6.90. The first-order chi connectivity index (χ1) is 12.5. The molecule has 0 bridgehead atoms. The number of fused-ring (bicyclic) bond motifs is 1. The molecule has 8 nitrogen and oxygen atoms in total. The van der Waals surface area contributed by atoms with Crippen molar-refractivity contribution in [3.05, 3.63) is 50.1 Å². The number of benzene rings is 1. The lowest BCUT2D eigenvalue weighted by Gasteiger charge is -2.13. The Morgan fingerprint density at radius 3 is 2.52 bits per heavy atom. The Kier molecular flexibility index (Phi) is 5.06. The van der Waals surface area contributed by atoms with Gasteiger partial charge in [0, 0.05) is 21.1 Å². The lowest BCUT2D eigenvalue weighted by atomic mass is 10.2. The molecule has 0 fully saturated rings. The van der Waals surface area contributed by atoms with Crippen molar-refractivity contribution in [2.45, 2.75) is 18.4 Å². The molecule has 3 rings (SSSR count). The summed E-state index contributed by atoms with van der Waals surface area (Å²) in [5.74, 6) is 0.525. The number of hydrogen-bond acceptors (Lipinski definition) is 5. The van der Waals surface area contributed by atoms with E-state index in [1.807, 2.05) is 0 Å². The Morgan fingerprint density at radius 1 is 1.22 bits per heavy atom. The van der Waals surface area contributed by atoms with E-state index < -0.39 is 15.6 Å². The van der Waals surface area contributed by atoms with Crippen LogP contribution in [0.1, 0.15) is 11.4 Å². The van der Waals surface area contributed by atoms with Crippen LogP contribution >= 0.6 is 23.2 Å². The van der Waals surface area contributed by atoms with Crippen LogP contribution in [0.25, 0.3) is 11.0 Å². The molecule has 0 aliphatic rings. The van der Waals surface area contributed by atoms with Gasteiger partial charge in [-0.25, -0.2) is 22.4 Å². The smallest absolute Gasteiger partial charge is 0.287 e. The SMILES string of the molecule is Cc1cc2c(cc1S(=O)(=O)N(C)C)nc(Cn1ncc(Cl)c(Cl)c1=O)n2C. The van der Waals surface area contributed by atoms with Crippen molar-refractivity contribution in [2.75, 3.05) is 14.1 Å². The number of hydrogen-bond donors (Lipinski definition) is 0. The summed E-state index contributed by atoms with van der Waals surface area (Å²) in [5, 5.41) is 3.94. The van der Waals surface area contributed by atoms with Crippen LogP contribution in [0, 0.1) is 6.92 Å². The third kappa shape index (κ3) is 3.36. The fraction of sp³-hybridized carbons (Fsp3) is 0.312. The van der Waals surface area contributed by atoms with Gasteiger partial charge in [-0.15, -0.1) is 0 Å². The van der Waals surface area contributed by atoms with E-state index in [-0.39, 0.29) is 21.5 Å². The molecule has 2 aromatic heterocycles. The first-order valence-corrected chi connectivity index (χ1v) is 10.0. The monoisotopic (exact) mass is 429 g/mol. The Balaban J connectivity index is 2.13. The third-order valence-electron chi connectivity index (χ3n) is 4.26. The van der Waals surface area contributed by atoms with Gasteiger partial charge in [-0.1, -0.05) is 23.2 Å². The minimum atomic E-state index is -3.59. The molecule has 0 aliphatic heterocycles. The molecule has 0 spiro atoms. The van der Waals surface area contributed by atoms with Crippen molar-refractivity contribution >= 4 is 44.3 Å². The lowest BCUT2D eigenvalue weighted by Crippen LogP contribution is -2.25. The highest BCUT2D eigenvalue weighted by molar-refractivity contribution is 7.89. The molecule has 0 amide bonds. The molecule has 11 heteroatoms. The molecule has 2 heterocycles. The zero-order valence-electron chi connectivity index (χ0n) is 15.1. The quantitative estimate of drug-likeness (QED) is 0.632. The summed E-state index contributed by atoms with van der Waals surface area (Å²) in [7, 11) is 1.15. The zero-order valence-corrected chi connectivity index (χ0v) is 17.4. The summed E-state index contributed by atoms with van der Waals surface area (Å²) in [6.45, 7) is 1.79. The van der Waals surface area contributed by atoms with E-state index in [4.69, 9.17) is 23.2 Å². The van der Waals surface area contributed by atoms with Gasteiger partial charge >= 0.3 is 0 Å². The van der Waals surface area contributed by atoms with Gasteiger partial charge in [-0.05, 0) is 24.6 Å². The van der Waals surface area contributed by atoms with Crippen molar-refractivity contribution in [3.63, 3.8) is 0 Å². The molecule has 144 valence electrons. The highest BCUT2D eigenvalue weighted by Gasteiger charge is 2.22. The Hall–Kier alpha value is -1.94. The largest absolute Gasteiger partial charge is 0.330 e. The minimum Gasteiger partial charge on any atom is -0.330 e. The molecule has 0 radical (unpaired) electrons. The van der Waals surface area contributed by atoms with Crippen molar-refractivity contribution in [1.82, 2.24) is 23.6 Å². The van der Waals surface area contributed by atoms with Crippen molar-refractivity contribution in [2.24, 2.45) is 7.05 Å². The number of nitrogens with zero attached hydrogens (tertiary/aromatic N) is 5. The third-order valence-corrected chi connectivity index (χ3v) is 6.97. The summed E-state index contributed by atoms with van der Waals surface area (Å²) in [6, 6.07) is 3.29. The topological polar surface area (TPSA) is 90.1 Å². The predicted octanol–water partition coefficient (Wildman–Crippen LogP) is 2.04. The van der Waals surface area contributed by atoms with Crippen molar-refractivity contribution < 1.29 is 8.42 Å². The molecular formula is C16H17Cl2N5O3S. The molecule has 0 aliphatic carbocycles. The molecule has 0 saturated carbocycles. The molecule has 0 N–H and O–H groups in total. The minimum absolute atomic E-state index is 0.0652. The second-order valence-corrected chi connectivity index (χ2v) is 9.16. The van der Waals surface area contributed by atoms with E-state index in [9.17, 15) is 13.2 Å². The van der Waals surface area contributed by atoms with Crippen LogP contribution < -0.4 is 5.56 Å². The highest BCUT2D eigenvalue weighted by atomic mass is 35.5. The maximum atomic E-state index is 12.5. The summed E-state index contributed by atoms with van der Waals surface area (Å²) in [6.07, 6.45) is 1.29. The Morgan fingerprint density at radius 2 is 1.89 bits per heavy atom. The number of imidazole rings is 1. The predicted molar refractivity (Wildman–Crippen MR) is 104 cm³/mol. The number of halogens is 2. The van der Waals surface area contributed by atoms with E-state index in [1.54, 1.807) is 24.6 Å². The maximum absolute atomic E-state index is 12.5. The number of aromatic nitrogens is 4. The Labute approximate surface area is 166 Å². The van der Waals surface area contributed by atoms with Gasteiger partial charge in [0.2, 0.25) is 10.0 Å². The first kappa shape index (κ1) is 19.8. The van der Waals surface area contributed by atoms with E-state index in [1.165, 1.54) is 26.4 Å². The van der Waals surface area contributed by atoms with Crippen LogP contribution in [-0.2, 0) is 23.6 Å². The van der Waals surface area contributed by atoms with Crippen molar-refractivity contribution in [1.29, 1.82) is 0 Å². The molecule has 0 atom stereocenters. The van der Waals surface area contributed by atoms with E-state index in [0.29, 0.717) is 16.9 Å². The molecule has 0 saturated heterocycles. The number of aryl methyl sites for hydroxylation is 2. The van der Waals surface area contributed by atoms with Gasteiger partial charge in [0.15, 0.2) is 0 Å². The fourth-order valence-electron chi connectivity index (χ4n) is 2.68. The van der Waals surface area contributed by atoms with Crippen LogP contribution in [0.5, 0.6) is 0 Å². The van der Waals surface area contributed by atoms with E-state index in [0.717, 1.165) is 14.5 Å². The molecule has 27 heavy (non-hydrogen) atoms. The standard InChI is InChI=1S/C16H17Cl2N5O3S/c1-9-5-12-11(6-13(9)27(25,26)21(2)3)20-14(22(12)4)8-23-16(24)15(18)10(17)7-19-23/h5-7H,8H2,1-4H3. The van der Waals surface area contributed by atoms with Gasteiger partial charge < -0.3 is 4.57 Å². The first-order valence-electron chi connectivity index (χ1n) is 7.83. The number of rotatable bonds is 4. The van der Waals surface area contributed by atoms with Crippen LogP contribution in [0.3, 0.4) is 0 Å². The number of sulfonamides is 1. The summed E-state index contributed by atoms with van der Waals surface area (Å²) >= 11 is 11.7.